The lowest BCUT2D eigenvalue weighted by Crippen LogP contribution is -2.23. The molecule has 0 aliphatic carbocycles. The van der Waals surface area contributed by atoms with Crippen molar-refractivity contribution in [3.63, 3.8) is 0 Å². The summed E-state index contributed by atoms with van der Waals surface area (Å²) >= 11 is 5.67. The van der Waals surface area contributed by atoms with E-state index in [0.717, 1.165) is 5.56 Å². The van der Waals surface area contributed by atoms with Crippen molar-refractivity contribution in [3.05, 3.63) is 34.9 Å². The van der Waals surface area contributed by atoms with Crippen LogP contribution >= 0.6 is 11.6 Å². The number of carbonyl (C=O) groups is 1. The van der Waals surface area contributed by atoms with Gasteiger partial charge in [-0.3, -0.25) is 0 Å². The summed E-state index contributed by atoms with van der Waals surface area (Å²) < 4.78 is 0. The molecule has 0 unspecified atom stereocenters. The van der Waals surface area contributed by atoms with Gasteiger partial charge < -0.3 is 10.6 Å². The standard InChI is InChI=1S/C8H9ClN2O2/c9-7-3-1-6(2-4-7)5-11-13-8(10)12/h1-4,11H,5H2,(H2,10,12). The van der Waals surface area contributed by atoms with E-state index in [1.165, 1.54) is 0 Å². The van der Waals surface area contributed by atoms with Gasteiger partial charge in [0.1, 0.15) is 0 Å². The summed E-state index contributed by atoms with van der Waals surface area (Å²) in [6.45, 7) is 0.403. The highest BCUT2D eigenvalue weighted by atomic mass is 35.5. The van der Waals surface area contributed by atoms with Gasteiger partial charge in [0, 0.05) is 5.02 Å². The molecule has 0 radical (unpaired) electrons. The fourth-order valence-electron chi connectivity index (χ4n) is 0.793. The zero-order valence-electron chi connectivity index (χ0n) is 6.79. The first-order chi connectivity index (χ1) is 6.18. The average molecular weight is 201 g/mol. The molecule has 0 atom stereocenters. The Labute approximate surface area is 80.6 Å². The number of halogens is 1. The maximum atomic E-state index is 10.2. The van der Waals surface area contributed by atoms with E-state index in [1.54, 1.807) is 12.1 Å². The van der Waals surface area contributed by atoms with Gasteiger partial charge in [0.25, 0.3) is 0 Å². The van der Waals surface area contributed by atoms with Crippen LogP contribution in [0.3, 0.4) is 0 Å². The van der Waals surface area contributed by atoms with Crippen LogP contribution in [0.25, 0.3) is 0 Å². The van der Waals surface area contributed by atoms with Crippen LogP contribution in [0.4, 0.5) is 4.79 Å². The zero-order valence-corrected chi connectivity index (χ0v) is 7.54. The second kappa shape index (κ2) is 4.69. The number of carbonyl (C=O) groups excluding carboxylic acids is 1. The van der Waals surface area contributed by atoms with Gasteiger partial charge in [-0.2, -0.15) is 0 Å². The van der Waals surface area contributed by atoms with Crippen LogP contribution < -0.4 is 11.2 Å². The molecule has 4 nitrogen and oxygen atoms in total. The minimum atomic E-state index is -0.853. The molecule has 0 fully saturated rings. The van der Waals surface area contributed by atoms with Gasteiger partial charge in [-0.15, -0.1) is 5.48 Å². The number of hydroxylamine groups is 1. The number of nitrogens with two attached hydrogens (primary N) is 1. The van der Waals surface area contributed by atoms with Crippen molar-refractivity contribution in [1.29, 1.82) is 0 Å². The molecule has 1 amide bonds. The molecule has 0 saturated heterocycles. The highest BCUT2D eigenvalue weighted by Crippen LogP contribution is 2.08. The Morgan fingerprint density at radius 3 is 2.62 bits per heavy atom. The molecule has 1 aromatic carbocycles. The lowest BCUT2D eigenvalue weighted by atomic mass is 10.2. The summed E-state index contributed by atoms with van der Waals surface area (Å²) in [6, 6.07) is 7.14. The van der Waals surface area contributed by atoms with Crippen molar-refractivity contribution in [3.8, 4) is 0 Å². The fraction of sp³-hybridized carbons (Fsp3) is 0.125. The molecule has 0 heterocycles. The monoisotopic (exact) mass is 200 g/mol. The van der Waals surface area contributed by atoms with E-state index in [1.807, 2.05) is 12.1 Å². The van der Waals surface area contributed by atoms with Gasteiger partial charge >= 0.3 is 6.09 Å². The first-order valence-electron chi connectivity index (χ1n) is 3.62. The van der Waals surface area contributed by atoms with E-state index in [4.69, 9.17) is 17.3 Å². The topological polar surface area (TPSA) is 64.4 Å². The number of nitrogens with one attached hydrogen (secondary N) is 1. The van der Waals surface area contributed by atoms with E-state index >= 15 is 0 Å². The number of primary amides is 1. The maximum Gasteiger partial charge on any atom is 0.423 e. The predicted octanol–water partition coefficient (Wildman–Crippen LogP) is 1.44. The summed E-state index contributed by atoms with van der Waals surface area (Å²) in [6.07, 6.45) is -0.853. The van der Waals surface area contributed by atoms with Crippen molar-refractivity contribution in [2.75, 3.05) is 0 Å². The van der Waals surface area contributed by atoms with E-state index in [-0.39, 0.29) is 0 Å². The quantitative estimate of drug-likeness (QED) is 0.726. The number of hydrogen-bond donors (Lipinski definition) is 2. The molecule has 0 saturated carbocycles. The minimum Gasteiger partial charge on any atom is -0.354 e. The molecule has 0 aromatic heterocycles. The van der Waals surface area contributed by atoms with Crippen LogP contribution in [0.5, 0.6) is 0 Å². The Balaban J connectivity index is 2.37. The summed E-state index contributed by atoms with van der Waals surface area (Å²) in [5.74, 6) is 0. The Morgan fingerprint density at radius 2 is 2.08 bits per heavy atom. The van der Waals surface area contributed by atoms with Crippen molar-refractivity contribution in [2.24, 2.45) is 5.73 Å². The number of amides is 1. The van der Waals surface area contributed by atoms with Crippen LogP contribution in [-0.4, -0.2) is 6.09 Å². The summed E-state index contributed by atoms with van der Waals surface area (Å²) in [5, 5.41) is 0.666. The van der Waals surface area contributed by atoms with Crippen LogP contribution in [0.1, 0.15) is 5.56 Å². The van der Waals surface area contributed by atoms with Gasteiger partial charge in [0.2, 0.25) is 0 Å². The molecular weight excluding hydrogens is 192 g/mol. The number of benzene rings is 1. The highest BCUT2D eigenvalue weighted by Gasteiger charge is 1.94. The lowest BCUT2D eigenvalue weighted by Gasteiger charge is -2.02. The molecule has 3 N–H and O–H groups in total. The van der Waals surface area contributed by atoms with Gasteiger partial charge in [-0.1, -0.05) is 23.7 Å². The first-order valence-corrected chi connectivity index (χ1v) is 4.00. The maximum absolute atomic E-state index is 10.2. The molecule has 0 aliphatic rings. The van der Waals surface area contributed by atoms with Gasteiger partial charge in [0.15, 0.2) is 0 Å². The average Bonchev–Trinajstić information content (AvgIpc) is 2.08. The first kappa shape index (κ1) is 9.83. The van der Waals surface area contributed by atoms with Crippen molar-refractivity contribution >= 4 is 17.7 Å². The molecule has 1 aromatic rings. The second-order valence-corrected chi connectivity index (χ2v) is 2.81. The van der Waals surface area contributed by atoms with Crippen molar-refractivity contribution in [1.82, 2.24) is 5.48 Å². The Morgan fingerprint density at radius 1 is 1.46 bits per heavy atom. The SMILES string of the molecule is NC(=O)ONCc1ccc(Cl)cc1. The third kappa shape index (κ3) is 3.78. The van der Waals surface area contributed by atoms with Gasteiger partial charge in [-0.05, 0) is 17.7 Å². The molecule has 5 heteroatoms. The third-order valence-corrected chi connectivity index (χ3v) is 1.61. The summed E-state index contributed by atoms with van der Waals surface area (Å²) in [7, 11) is 0. The normalized spacial score (nSPS) is 9.62. The number of rotatable bonds is 3. The molecule has 70 valence electrons. The van der Waals surface area contributed by atoms with E-state index in [0.29, 0.717) is 11.6 Å². The van der Waals surface area contributed by atoms with E-state index < -0.39 is 6.09 Å². The molecule has 0 aliphatic heterocycles. The minimum absolute atomic E-state index is 0.403. The van der Waals surface area contributed by atoms with Crippen LogP contribution in [0, 0.1) is 0 Å². The van der Waals surface area contributed by atoms with Crippen LogP contribution in [-0.2, 0) is 11.4 Å². The van der Waals surface area contributed by atoms with Crippen molar-refractivity contribution < 1.29 is 9.63 Å². The third-order valence-electron chi connectivity index (χ3n) is 1.36. The predicted molar refractivity (Wildman–Crippen MR) is 49.0 cm³/mol. The largest absolute Gasteiger partial charge is 0.423 e. The lowest BCUT2D eigenvalue weighted by molar-refractivity contribution is 0.0952. The molecule has 0 bridgehead atoms. The number of hydrogen-bond acceptors (Lipinski definition) is 3. The fourth-order valence-corrected chi connectivity index (χ4v) is 0.919. The smallest absolute Gasteiger partial charge is 0.354 e. The second-order valence-electron chi connectivity index (χ2n) is 2.37. The van der Waals surface area contributed by atoms with Gasteiger partial charge in [-0.25, -0.2) is 4.79 Å². The van der Waals surface area contributed by atoms with E-state index in [9.17, 15) is 4.79 Å². The molecule has 13 heavy (non-hydrogen) atoms. The Kier molecular flexibility index (Phi) is 3.54. The summed E-state index contributed by atoms with van der Waals surface area (Å²) in [4.78, 5) is 14.5. The Bertz CT molecular complexity index is 287. The molecule has 0 spiro atoms. The molecular formula is C8H9ClN2O2. The van der Waals surface area contributed by atoms with Crippen LogP contribution in [0.2, 0.25) is 5.02 Å². The Hall–Kier alpha value is -1.26. The van der Waals surface area contributed by atoms with Gasteiger partial charge in [0.05, 0.1) is 6.54 Å². The zero-order chi connectivity index (χ0) is 9.68. The van der Waals surface area contributed by atoms with E-state index in [2.05, 4.69) is 10.3 Å². The highest BCUT2D eigenvalue weighted by molar-refractivity contribution is 6.30. The van der Waals surface area contributed by atoms with Crippen LogP contribution in [0.15, 0.2) is 24.3 Å². The molecule has 1 rings (SSSR count). The summed E-state index contributed by atoms with van der Waals surface area (Å²) in [5.41, 5.74) is 8.09. The van der Waals surface area contributed by atoms with Crippen molar-refractivity contribution in [2.45, 2.75) is 6.54 Å².